The Kier molecular flexibility index (Phi) is 3.06. The Bertz CT molecular complexity index is 602. The number of hydrogen-bond acceptors (Lipinski definition) is 3. The highest BCUT2D eigenvalue weighted by Crippen LogP contribution is 2.32. The smallest absolute Gasteiger partial charge is 0.284 e. The van der Waals surface area contributed by atoms with Gasteiger partial charge in [-0.2, -0.15) is 0 Å². The first kappa shape index (κ1) is 12.2. The van der Waals surface area contributed by atoms with Crippen molar-refractivity contribution in [2.75, 3.05) is 7.11 Å². The van der Waals surface area contributed by atoms with E-state index in [0.717, 1.165) is 22.4 Å². The molecule has 0 aliphatic heterocycles. The molecular weight excluding hydrogens is 230 g/mol. The van der Waals surface area contributed by atoms with Crippen LogP contribution in [0.25, 0.3) is 11.3 Å². The summed E-state index contributed by atoms with van der Waals surface area (Å²) in [6.07, 6.45) is 1.58. The van der Waals surface area contributed by atoms with Gasteiger partial charge in [-0.25, -0.2) is 4.98 Å². The quantitative estimate of drug-likeness (QED) is 0.865. The molecule has 3 N–H and O–H groups in total. The average molecular weight is 245 g/mol. The minimum absolute atomic E-state index is 0.145. The Labute approximate surface area is 105 Å². The van der Waals surface area contributed by atoms with E-state index in [9.17, 15) is 4.79 Å². The maximum Gasteiger partial charge on any atom is 0.284 e. The van der Waals surface area contributed by atoms with Gasteiger partial charge in [-0.15, -0.1) is 0 Å². The van der Waals surface area contributed by atoms with E-state index in [1.54, 1.807) is 13.3 Å². The van der Waals surface area contributed by atoms with E-state index in [0.29, 0.717) is 5.69 Å². The number of nitrogens with two attached hydrogens (primary N) is 1. The third-order valence-electron chi connectivity index (χ3n) is 2.72. The van der Waals surface area contributed by atoms with E-state index in [4.69, 9.17) is 10.5 Å². The number of rotatable bonds is 3. The summed E-state index contributed by atoms with van der Waals surface area (Å²) >= 11 is 0. The summed E-state index contributed by atoms with van der Waals surface area (Å²) in [5, 5.41) is 0. The Hall–Kier alpha value is -2.30. The summed E-state index contributed by atoms with van der Waals surface area (Å²) in [6.45, 7) is 3.97. The molecule has 0 spiro atoms. The van der Waals surface area contributed by atoms with Crippen molar-refractivity contribution in [1.82, 2.24) is 9.97 Å². The zero-order valence-electron chi connectivity index (χ0n) is 10.6. The van der Waals surface area contributed by atoms with E-state index in [-0.39, 0.29) is 5.82 Å². The number of carbonyl (C=O) groups is 1. The average Bonchev–Trinajstić information content (AvgIpc) is 2.77. The van der Waals surface area contributed by atoms with Gasteiger partial charge in [-0.05, 0) is 31.0 Å². The second kappa shape index (κ2) is 4.52. The number of amides is 1. The molecule has 1 aromatic carbocycles. The lowest BCUT2D eigenvalue weighted by Gasteiger charge is -2.11. The van der Waals surface area contributed by atoms with E-state index in [1.807, 2.05) is 26.0 Å². The molecule has 18 heavy (non-hydrogen) atoms. The predicted molar refractivity (Wildman–Crippen MR) is 68.6 cm³/mol. The lowest BCUT2D eigenvalue weighted by Crippen LogP contribution is -2.12. The number of aryl methyl sites for hydroxylation is 2. The summed E-state index contributed by atoms with van der Waals surface area (Å²) in [5.41, 5.74) is 8.90. The van der Waals surface area contributed by atoms with Crippen molar-refractivity contribution in [3.05, 3.63) is 35.3 Å². The first-order chi connectivity index (χ1) is 8.52. The molecule has 0 saturated carbocycles. The van der Waals surface area contributed by atoms with Crippen LogP contribution in [0.15, 0.2) is 18.3 Å². The molecule has 2 rings (SSSR count). The fourth-order valence-corrected chi connectivity index (χ4v) is 2.01. The minimum atomic E-state index is -0.579. The molecule has 0 radical (unpaired) electrons. The van der Waals surface area contributed by atoms with E-state index in [2.05, 4.69) is 9.97 Å². The topological polar surface area (TPSA) is 81.0 Å². The van der Waals surface area contributed by atoms with Gasteiger partial charge in [0.1, 0.15) is 5.75 Å². The van der Waals surface area contributed by atoms with Crippen LogP contribution >= 0.6 is 0 Å². The molecule has 5 nitrogen and oxygen atoms in total. The van der Waals surface area contributed by atoms with Gasteiger partial charge in [0.05, 0.1) is 19.0 Å². The Balaban J connectivity index is 2.58. The van der Waals surface area contributed by atoms with Gasteiger partial charge in [0.25, 0.3) is 5.91 Å². The molecule has 94 valence electrons. The SMILES string of the molecule is COc1c(C)cc(C)cc1-c1cnc(C(N)=O)[nH]1. The second-order valence-corrected chi connectivity index (χ2v) is 4.17. The fourth-order valence-electron chi connectivity index (χ4n) is 2.01. The van der Waals surface area contributed by atoms with Gasteiger partial charge < -0.3 is 15.5 Å². The van der Waals surface area contributed by atoms with Crippen LogP contribution < -0.4 is 10.5 Å². The molecular formula is C13H15N3O2. The summed E-state index contributed by atoms with van der Waals surface area (Å²) < 4.78 is 5.39. The van der Waals surface area contributed by atoms with Crippen molar-refractivity contribution in [2.45, 2.75) is 13.8 Å². The molecule has 0 atom stereocenters. The first-order valence-corrected chi connectivity index (χ1v) is 5.53. The van der Waals surface area contributed by atoms with Crippen LogP contribution in [0.3, 0.4) is 0 Å². The summed E-state index contributed by atoms with van der Waals surface area (Å²) in [5.74, 6) is 0.330. The third-order valence-corrected chi connectivity index (χ3v) is 2.72. The van der Waals surface area contributed by atoms with Crippen LogP contribution in [0, 0.1) is 13.8 Å². The van der Waals surface area contributed by atoms with Gasteiger partial charge in [0.2, 0.25) is 0 Å². The zero-order valence-corrected chi connectivity index (χ0v) is 10.6. The number of methoxy groups -OCH3 is 1. The normalized spacial score (nSPS) is 10.4. The molecule has 5 heteroatoms. The van der Waals surface area contributed by atoms with E-state index in [1.165, 1.54) is 0 Å². The van der Waals surface area contributed by atoms with Crippen molar-refractivity contribution in [3.63, 3.8) is 0 Å². The molecule has 0 aliphatic rings. The van der Waals surface area contributed by atoms with Crippen molar-refractivity contribution >= 4 is 5.91 Å². The Morgan fingerprint density at radius 1 is 1.39 bits per heavy atom. The second-order valence-electron chi connectivity index (χ2n) is 4.17. The number of hydrogen-bond donors (Lipinski definition) is 2. The number of imidazole rings is 1. The van der Waals surface area contributed by atoms with Crippen LogP contribution in [0.1, 0.15) is 21.7 Å². The zero-order chi connectivity index (χ0) is 13.3. The van der Waals surface area contributed by atoms with Crippen molar-refractivity contribution < 1.29 is 9.53 Å². The number of nitrogens with one attached hydrogen (secondary N) is 1. The van der Waals surface area contributed by atoms with Crippen molar-refractivity contribution in [1.29, 1.82) is 0 Å². The summed E-state index contributed by atoms with van der Waals surface area (Å²) in [6, 6.07) is 4.01. The van der Waals surface area contributed by atoms with Gasteiger partial charge in [-0.1, -0.05) is 6.07 Å². The van der Waals surface area contributed by atoms with Crippen LogP contribution in [-0.2, 0) is 0 Å². The molecule has 0 bridgehead atoms. The monoisotopic (exact) mass is 245 g/mol. The Morgan fingerprint density at radius 2 is 2.11 bits per heavy atom. The molecule has 1 aromatic heterocycles. The maximum atomic E-state index is 11.0. The number of H-pyrrole nitrogens is 1. The van der Waals surface area contributed by atoms with E-state index < -0.39 is 5.91 Å². The minimum Gasteiger partial charge on any atom is -0.496 e. The van der Waals surface area contributed by atoms with Gasteiger partial charge in [0.15, 0.2) is 5.82 Å². The van der Waals surface area contributed by atoms with Gasteiger partial charge in [0, 0.05) is 5.56 Å². The molecule has 0 unspecified atom stereocenters. The van der Waals surface area contributed by atoms with Crippen molar-refractivity contribution in [3.8, 4) is 17.0 Å². The molecule has 0 aliphatic carbocycles. The van der Waals surface area contributed by atoms with Crippen LogP contribution in [0.4, 0.5) is 0 Å². The van der Waals surface area contributed by atoms with Gasteiger partial charge >= 0.3 is 0 Å². The highest BCUT2D eigenvalue weighted by Gasteiger charge is 2.13. The van der Waals surface area contributed by atoms with Crippen molar-refractivity contribution in [2.24, 2.45) is 5.73 Å². The summed E-state index contributed by atoms with van der Waals surface area (Å²) in [4.78, 5) is 17.9. The number of nitrogens with zero attached hydrogens (tertiary/aromatic N) is 1. The predicted octanol–water partition coefficient (Wildman–Crippen LogP) is 1.80. The number of benzene rings is 1. The van der Waals surface area contributed by atoms with Crippen LogP contribution in [-0.4, -0.2) is 23.0 Å². The number of aromatic nitrogens is 2. The molecule has 0 fully saturated rings. The fraction of sp³-hybridized carbons (Fsp3) is 0.231. The number of primary amides is 1. The maximum absolute atomic E-state index is 11.0. The first-order valence-electron chi connectivity index (χ1n) is 5.53. The van der Waals surface area contributed by atoms with Crippen LogP contribution in [0.5, 0.6) is 5.75 Å². The standard InChI is InChI=1S/C13H15N3O2/c1-7-4-8(2)11(18-3)9(5-7)10-6-15-13(16-10)12(14)17/h4-6H,1-3H3,(H2,14,17)(H,15,16). The molecule has 0 saturated heterocycles. The number of ether oxygens (including phenoxy) is 1. The highest BCUT2D eigenvalue weighted by molar-refractivity contribution is 5.89. The molecule has 1 amide bonds. The molecule has 1 heterocycles. The third kappa shape index (κ3) is 2.07. The lowest BCUT2D eigenvalue weighted by atomic mass is 10.0. The number of carbonyl (C=O) groups excluding carboxylic acids is 1. The highest BCUT2D eigenvalue weighted by atomic mass is 16.5. The summed E-state index contributed by atoms with van der Waals surface area (Å²) in [7, 11) is 1.62. The van der Waals surface area contributed by atoms with Crippen LogP contribution in [0.2, 0.25) is 0 Å². The molecule has 2 aromatic rings. The lowest BCUT2D eigenvalue weighted by molar-refractivity contribution is 0.0991. The largest absolute Gasteiger partial charge is 0.496 e. The van der Waals surface area contributed by atoms with E-state index >= 15 is 0 Å². The Morgan fingerprint density at radius 3 is 2.67 bits per heavy atom. The number of aromatic amines is 1. The van der Waals surface area contributed by atoms with Gasteiger partial charge in [-0.3, -0.25) is 4.79 Å².